The highest BCUT2D eigenvalue weighted by Gasteiger charge is 2.27. The van der Waals surface area contributed by atoms with E-state index in [4.69, 9.17) is 0 Å². The number of likely N-dealkylation sites (tertiary alicyclic amines) is 1. The lowest BCUT2D eigenvalue weighted by atomic mass is 9.93. The van der Waals surface area contributed by atoms with Gasteiger partial charge in [-0.05, 0) is 55.1 Å². The van der Waals surface area contributed by atoms with Crippen molar-refractivity contribution in [2.24, 2.45) is 5.92 Å². The topological polar surface area (TPSA) is 136 Å². The van der Waals surface area contributed by atoms with Gasteiger partial charge in [0.15, 0.2) is 9.84 Å². The van der Waals surface area contributed by atoms with Gasteiger partial charge < -0.3 is 10.6 Å². The molecule has 1 aliphatic heterocycles. The summed E-state index contributed by atoms with van der Waals surface area (Å²) in [6, 6.07) is 15.0. The predicted molar refractivity (Wildman–Crippen MR) is 149 cm³/mol. The molecule has 38 heavy (non-hydrogen) atoms. The average Bonchev–Trinajstić information content (AvgIpc) is 2.88. The van der Waals surface area contributed by atoms with Crippen molar-refractivity contribution in [1.82, 2.24) is 19.8 Å². The Morgan fingerprint density at radius 2 is 1.82 bits per heavy atom. The van der Waals surface area contributed by atoms with E-state index in [0.29, 0.717) is 6.54 Å². The number of nitrogens with one attached hydrogen (secondary N) is 2. The molecule has 2 aromatic carbocycles. The van der Waals surface area contributed by atoms with E-state index in [9.17, 15) is 26.8 Å². The van der Waals surface area contributed by atoms with E-state index in [0.717, 1.165) is 37.6 Å². The van der Waals surface area contributed by atoms with E-state index in [2.05, 4.69) is 58.9 Å². The molecule has 0 aromatic heterocycles. The van der Waals surface area contributed by atoms with Crippen LogP contribution < -0.4 is 10.6 Å². The van der Waals surface area contributed by atoms with Gasteiger partial charge in [-0.3, -0.25) is 19.0 Å². The number of carbonyl (C=O) groups excluding carboxylic acids is 2. The lowest BCUT2D eigenvalue weighted by Crippen LogP contribution is -2.45. The van der Waals surface area contributed by atoms with E-state index in [1.165, 1.54) is 26.7 Å². The van der Waals surface area contributed by atoms with Crippen LogP contribution in [-0.2, 0) is 30.7 Å². The lowest BCUT2D eigenvalue weighted by Gasteiger charge is -2.37. The SMILES string of the molecule is CC(c1cccc2ccccc12)N1CCC(CN(CC(=O)NCC(=O)NC/C=C/S(C)(=O)=O)S(=O)O)CC1. The molecule has 0 radical (unpaired) electrons. The zero-order chi connectivity index (χ0) is 27.7. The highest BCUT2D eigenvalue weighted by Crippen LogP contribution is 2.31. The molecule has 0 saturated carbocycles. The summed E-state index contributed by atoms with van der Waals surface area (Å²) in [7, 11) is -3.27. The van der Waals surface area contributed by atoms with Crippen molar-refractivity contribution >= 4 is 43.7 Å². The first-order valence-corrected chi connectivity index (χ1v) is 15.5. The molecule has 3 N–H and O–H groups in total. The summed E-state index contributed by atoms with van der Waals surface area (Å²) in [5.41, 5.74) is 1.28. The maximum Gasteiger partial charge on any atom is 0.239 e. The number of sulfone groups is 1. The molecule has 0 aliphatic carbocycles. The standard InChI is InChI=1S/C26H36N4O6S2/c1-20(23-10-5-8-22-7-3-4-9-24(22)23)29-14-11-21(12-15-29)18-30(37(33)34)19-26(32)28-17-25(31)27-13-6-16-38(2,35)36/h3-10,16,20-21H,11-15,17-19H2,1-2H3,(H,27,31)(H,28,32)(H,33,34)/b16-6+. The van der Waals surface area contributed by atoms with Crippen molar-refractivity contribution in [3.8, 4) is 0 Å². The van der Waals surface area contributed by atoms with Crippen molar-refractivity contribution in [2.75, 3.05) is 45.5 Å². The third-order valence-corrected chi connectivity index (χ3v) is 8.09. The Hall–Kier alpha value is -2.64. The monoisotopic (exact) mass is 564 g/mol. The van der Waals surface area contributed by atoms with Gasteiger partial charge in [0.1, 0.15) is 0 Å². The minimum absolute atomic E-state index is 0.00632. The number of benzene rings is 2. The van der Waals surface area contributed by atoms with E-state index in [1.54, 1.807) is 0 Å². The van der Waals surface area contributed by atoms with Gasteiger partial charge in [0.2, 0.25) is 23.1 Å². The third-order valence-electron chi connectivity index (χ3n) is 6.68. The molecule has 2 amide bonds. The van der Waals surface area contributed by atoms with Gasteiger partial charge in [-0.2, -0.15) is 4.31 Å². The smallest absolute Gasteiger partial charge is 0.239 e. The van der Waals surface area contributed by atoms with Gasteiger partial charge in [0.05, 0.1) is 13.1 Å². The predicted octanol–water partition coefficient (Wildman–Crippen LogP) is 1.84. The van der Waals surface area contributed by atoms with Crippen molar-refractivity contribution in [1.29, 1.82) is 0 Å². The Balaban J connectivity index is 1.45. The van der Waals surface area contributed by atoms with E-state index in [-0.39, 0.29) is 31.6 Å². The molecular formula is C26H36N4O6S2. The van der Waals surface area contributed by atoms with E-state index < -0.39 is 32.9 Å². The first-order chi connectivity index (χ1) is 18.0. The number of carbonyl (C=O) groups is 2. The van der Waals surface area contributed by atoms with Gasteiger partial charge >= 0.3 is 0 Å². The van der Waals surface area contributed by atoms with Crippen LogP contribution in [0.1, 0.15) is 31.4 Å². The van der Waals surface area contributed by atoms with Gasteiger partial charge in [0.25, 0.3) is 0 Å². The number of amides is 2. The fraction of sp³-hybridized carbons (Fsp3) is 0.462. The first kappa shape index (κ1) is 29.9. The maximum atomic E-state index is 12.3. The van der Waals surface area contributed by atoms with Gasteiger partial charge in [-0.15, -0.1) is 0 Å². The molecule has 1 saturated heterocycles. The highest BCUT2D eigenvalue weighted by molar-refractivity contribution is 7.93. The maximum absolute atomic E-state index is 12.3. The molecule has 10 nitrogen and oxygen atoms in total. The first-order valence-electron chi connectivity index (χ1n) is 12.5. The van der Waals surface area contributed by atoms with Crippen molar-refractivity contribution in [2.45, 2.75) is 25.8 Å². The minimum atomic E-state index is -3.27. The lowest BCUT2D eigenvalue weighted by molar-refractivity contribution is -0.126. The van der Waals surface area contributed by atoms with Gasteiger partial charge in [-0.1, -0.05) is 48.5 Å². The molecule has 0 bridgehead atoms. The fourth-order valence-electron chi connectivity index (χ4n) is 4.66. The second kappa shape index (κ2) is 13.9. The van der Waals surface area contributed by atoms with Crippen LogP contribution in [-0.4, -0.2) is 83.7 Å². The molecular weight excluding hydrogens is 528 g/mol. The molecule has 12 heteroatoms. The van der Waals surface area contributed by atoms with E-state index in [1.807, 2.05) is 6.07 Å². The quantitative estimate of drug-likeness (QED) is 0.335. The van der Waals surface area contributed by atoms with Crippen LogP contribution in [0.15, 0.2) is 53.9 Å². The number of rotatable bonds is 12. The largest absolute Gasteiger partial charge is 0.351 e. The Morgan fingerprint density at radius 3 is 2.50 bits per heavy atom. The summed E-state index contributed by atoms with van der Waals surface area (Å²) < 4.78 is 44.9. The summed E-state index contributed by atoms with van der Waals surface area (Å²) in [5, 5.41) is 8.33. The molecule has 208 valence electrons. The second-order valence-corrected chi connectivity index (χ2v) is 12.5. The van der Waals surface area contributed by atoms with Crippen LogP contribution in [0.3, 0.4) is 0 Å². The van der Waals surface area contributed by atoms with Crippen LogP contribution in [0.25, 0.3) is 10.8 Å². The Morgan fingerprint density at radius 1 is 1.13 bits per heavy atom. The second-order valence-electron chi connectivity index (χ2n) is 9.56. The number of hydrogen-bond donors (Lipinski definition) is 3. The van der Waals surface area contributed by atoms with Crippen LogP contribution >= 0.6 is 0 Å². The molecule has 1 fully saturated rings. The van der Waals surface area contributed by atoms with Crippen LogP contribution in [0, 0.1) is 5.92 Å². The van der Waals surface area contributed by atoms with Crippen LogP contribution in [0.2, 0.25) is 0 Å². The molecule has 3 rings (SSSR count). The van der Waals surface area contributed by atoms with Crippen LogP contribution in [0.4, 0.5) is 0 Å². The highest BCUT2D eigenvalue weighted by atomic mass is 32.2. The normalized spacial score (nSPS) is 17.1. The third kappa shape index (κ3) is 9.28. The minimum Gasteiger partial charge on any atom is -0.351 e. The summed E-state index contributed by atoms with van der Waals surface area (Å²) in [5.74, 6) is -0.878. The molecule has 1 heterocycles. The zero-order valence-electron chi connectivity index (χ0n) is 21.7. The summed E-state index contributed by atoms with van der Waals surface area (Å²) >= 11 is -2.33. The molecule has 2 aromatic rings. The van der Waals surface area contributed by atoms with Crippen molar-refractivity contribution < 1.29 is 26.8 Å². The Bertz CT molecular complexity index is 1270. The molecule has 2 unspecified atom stereocenters. The molecule has 1 aliphatic rings. The number of nitrogens with zero attached hydrogens (tertiary/aromatic N) is 2. The Labute approximate surface area is 226 Å². The van der Waals surface area contributed by atoms with E-state index >= 15 is 0 Å². The molecule has 0 spiro atoms. The van der Waals surface area contributed by atoms with Crippen molar-refractivity contribution in [3.05, 3.63) is 59.5 Å². The summed E-state index contributed by atoms with van der Waals surface area (Å²) in [4.78, 5) is 26.5. The fourth-order valence-corrected chi connectivity index (χ4v) is 5.67. The zero-order valence-corrected chi connectivity index (χ0v) is 23.3. The van der Waals surface area contributed by atoms with Crippen molar-refractivity contribution in [3.63, 3.8) is 0 Å². The summed E-state index contributed by atoms with van der Waals surface area (Å²) in [6.45, 7) is 3.59. The Kier molecular flexibility index (Phi) is 11.0. The molecule has 2 atom stereocenters. The summed E-state index contributed by atoms with van der Waals surface area (Å²) in [6.07, 6.45) is 4.01. The van der Waals surface area contributed by atoms with Gasteiger partial charge in [0, 0.05) is 30.8 Å². The van der Waals surface area contributed by atoms with Crippen LogP contribution in [0.5, 0.6) is 0 Å². The number of fused-ring (bicyclic) bond motifs is 1. The average molecular weight is 565 g/mol. The van der Waals surface area contributed by atoms with Gasteiger partial charge in [-0.25, -0.2) is 12.6 Å². The number of piperidine rings is 1. The number of hydrogen-bond acceptors (Lipinski definition) is 6.